The van der Waals surface area contributed by atoms with Gasteiger partial charge in [-0.05, 0) is 36.8 Å². The summed E-state index contributed by atoms with van der Waals surface area (Å²) < 4.78 is 10.2. The molecule has 0 spiro atoms. The number of nitrogens with one attached hydrogen (secondary N) is 2. The maximum absolute atomic E-state index is 13.4. The van der Waals surface area contributed by atoms with Crippen LogP contribution in [0.25, 0.3) is 0 Å². The lowest BCUT2D eigenvalue weighted by Gasteiger charge is -2.33. The zero-order chi connectivity index (χ0) is 21.9. The van der Waals surface area contributed by atoms with Crippen LogP contribution in [0.2, 0.25) is 10.0 Å². The number of hydrogen-bond acceptors (Lipinski definition) is 6. The Morgan fingerprint density at radius 2 is 2.03 bits per heavy atom. The molecule has 30 heavy (non-hydrogen) atoms. The number of fused-ring (bicyclic) bond motifs is 1. The first-order valence-electron chi connectivity index (χ1n) is 9.36. The van der Waals surface area contributed by atoms with E-state index in [1.165, 1.54) is 13.2 Å². The van der Waals surface area contributed by atoms with Gasteiger partial charge >= 0.3 is 11.9 Å². The largest absolute Gasteiger partial charge is 0.466 e. The van der Waals surface area contributed by atoms with Gasteiger partial charge in [0.1, 0.15) is 0 Å². The van der Waals surface area contributed by atoms with Gasteiger partial charge in [0.05, 0.1) is 13.7 Å². The first-order valence-corrected chi connectivity index (χ1v) is 10.1. The van der Waals surface area contributed by atoms with Gasteiger partial charge in [0.2, 0.25) is 0 Å². The summed E-state index contributed by atoms with van der Waals surface area (Å²) in [5.74, 6) is -1.70. The third-order valence-corrected chi connectivity index (χ3v) is 5.56. The molecule has 158 valence electrons. The van der Waals surface area contributed by atoms with Crippen LogP contribution in [-0.2, 0) is 24.6 Å². The summed E-state index contributed by atoms with van der Waals surface area (Å²) >= 11 is 12.7. The molecule has 0 bridgehead atoms. The number of anilines is 2. The maximum Gasteiger partial charge on any atom is 0.337 e. The number of halogens is 2. The summed E-state index contributed by atoms with van der Waals surface area (Å²) in [5.41, 5.74) is 1.34. The topological polar surface area (TPSA) is 76.7 Å². The van der Waals surface area contributed by atoms with E-state index in [2.05, 4.69) is 10.6 Å². The number of benzene rings is 2. The molecule has 0 amide bonds. The molecule has 0 aromatic heterocycles. The molecule has 2 unspecified atom stereocenters. The van der Waals surface area contributed by atoms with Crippen LogP contribution in [0.15, 0.2) is 48.6 Å². The second-order valence-electron chi connectivity index (χ2n) is 6.69. The molecule has 2 aromatic carbocycles. The molecule has 2 aromatic rings. The Morgan fingerprint density at radius 3 is 2.70 bits per heavy atom. The summed E-state index contributed by atoms with van der Waals surface area (Å²) in [7, 11) is 3.08. The van der Waals surface area contributed by atoms with Gasteiger partial charge in [0, 0.05) is 46.0 Å². The average molecular weight is 449 g/mol. The smallest absolute Gasteiger partial charge is 0.337 e. The number of hydrogen-bond donors (Lipinski definition) is 2. The zero-order valence-corrected chi connectivity index (χ0v) is 18.3. The predicted octanol–water partition coefficient (Wildman–Crippen LogP) is 4.73. The summed E-state index contributed by atoms with van der Waals surface area (Å²) in [6, 6.07) is 10.7. The van der Waals surface area contributed by atoms with Crippen LogP contribution in [0.4, 0.5) is 11.4 Å². The summed E-state index contributed by atoms with van der Waals surface area (Å²) in [6.07, 6.45) is 2.88. The van der Waals surface area contributed by atoms with Crippen molar-refractivity contribution in [2.45, 2.75) is 18.4 Å². The highest BCUT2D eigenvalue weighted by Gasteiger charge is 2.54. The highest BCUT2D eigenvalue weighted by molar-refractivity contribution is 6.36. The standard InChI is InChI=1S/C22H22Cl2N2O4/c1-4-30-21(28)22(13-6-5-7-15(10-13)25-2)16(8-9-19(27)29-3)20-17(24)11-14(23)12-18(20)26-22/h5-12,16,25-26H,4H2,1-3H3. The van der Waals surface area contributed by atoms with Gasteiger partial charge in [0.15, 0.2) is 5.54 Å². The molecule has 0 aliphatic carbocycles. The van der Waals surface area contributed by atoms with Crippen LogP contribution in [0, 0.1) is 0 Å². The Bertz CT molecular complexity index is 1010. The van der Waals surface area contributed by atoms with Crippen molar-refractivity contribution in [2.24, 2.45) is 0 Å². The van der Waals surface area contributed by atoms with Crippen LogP contribution >= 0.6 is 23.2 Å². The summed E-state index contributed by atoms with van der Waals surface area (Å²) in [6.45, 7) is 1.92. The molecule has 1 aliphatic heterocycles. The van der Waals surface area contributed by atoms with Gasteiger partial charge in [0.25, 0.3) is 0 Å². The monoisotopic (exact) mass is 448 g/mol. The van der Waals surface area contributed by atoms with E-state index in [4.69, 9.17) is 32.7 Å². The number of ether oxygens (including phenoxy) is 2. The lowest BCUT2D eigenvalue weighted by Crippen LogP contribution is -2.45. The highest BCUT2D eigenvalue weighted by atomic mass is 35.5. The molecule has 8 heteroatoms. The van der Waals surface area contributed by atoms with Gasteiger partial charge in [-0.1, -0.05) is 41.4 Å². The predicted molar refractivity (Wildman–Crippen MR) is 118 cm³/mol. The first-order chi connectivity index (χ1) is 14.4. The van der Waals surface area contributed by atoms with Gasteiger partial charge in [-0.3, -0.25) is 0 Å². The van der Waals surface area contributed by atoms with Crippen LogP contribution in [-0.4, -0.2) is 32.7 Å². The third-order valence-electron chi connectivity index (χ3n) is 5.03. The van der Waals surface area contributed by atoms with Gasteiger partial charge in [-0.25, -0.2) is 9.59 Å². The minimum Gasteiger partial charge on any atom is -0.466 e. The fourth-order valence-corrected chi connectivity index (χ4v) is 4.32. The van der Waals surface area contributed by atoms with Gasteiger partial charge < -0.3 is 20.1 Å². The first kappa shape index (κ1) is 22.0. The Labute approximate surface area is 185 Å². The zero-order valence-electron chi connectivity index (χ0n) is 16.8. The molecule has 2 atom stereocenters. The van der Waals surface area contributed by atoms with Crippen LogP contribution in [0.1, 0.15) is 24.0 Å². The van der Waals surface area contributed by atoms with E-state index in [1.807, 2.05) is 24.3 Å². The van der Waals surface area contributed by atoms with E-state index in [1.54, 1.807) is 32.2 Å². The number of carbonyl (C=O) groups excluding carboxylic acids is 2. The molecule has 0 radical (unpaired) electrons. The number of methoxy groups -OCH3 is 1. The number of rotatable bonds is 6. The number of esters is 2. The quantitative estimate of drug-likeness (QED) is 0.491. The Morgan fingerprint density at radius 1 is 1.27 bits per heavy atom. The van der Waals surface area contributed by atoms with Crippen molar-refractivity contribution < 1.29 is 19.1 Å². The Kier molecular flexibility index (Phi) is 6.58. The minimum atomic E-state index is -1.36. The molecule has 1 aliphatic rings. The van der Waals surface area contributed by atoms with Crippen molar-refractivity contribution in [3.63, 3.8) is 0 Å². The van der Waals surface area contributed by atoms with Gasteiger partial charge in [-0.2, -0.15) is 0 Å². The van der Waals surface area contributed by atoms with Crippen molar-refractivity contribution in [1.82, 2.24) is 0 Å². The average Bonchev–Trinajstić information content (AvgIpc) is 3.07. The second-order valence-corrected chi connectivity index (χ2v) is 7.54. The van der Waals surface area contributed by atoms with E-state index < -0.39 is 23.4 Å². The molecule has 6 nitrogen and oxygen atoms in total. The molecule has 0 fully saturated rings. The molecule has 3 rings (SSSR count). The van der Waals surface area contributed by atoms with E-state index in [0.717, 1.165) is 5.69 Å². The van der Waals surface area contributed by atoms with Crippen molar-refractivity contribution >= 4 is 46.5 Å². The van der Waals surface area contributed by atoms with Crippen LogP contribution in [0.5, 0.6) is 0 Å². The fourth-order valence-electron chi connectivity index (χ4n) is 3.71. The molecule has 2 N–H and O–H groups in total. The van der Waals surface area contributed by atoms with Crippen molar-refractivity contribution in [3.05, 3.63) is 69.7 Å². The lowest BCUT2D eigenvalue weighted by atomic mass is 9.77. The lowest BCUT2D eigenvalue weighted by molar-refractivity contribution is -0.149. The van der Waals surface area contributed by atoms with Gasteiger partial charge in [-0.15, -0.1) is 0 Å². The van der Waals surface area contributed by atoms with Crippen molar-refractivity contribution in [1.29, 1.82) is 0 Å². The Hall–Kier alpha value is -2.70. The van der Waals surface area contributed by atoms with Crippen LogP contribution in [0.3, 0.4) is 0 Å². The minimum absolute atomic E-state index is 0.187. The Balaban J connectivity index is 2.29. The second kappa shape index (κ2) is 8.98. The number of carbonyl (C=O) groups is 2. The SMILES string of the molecule is CCOC(=O)C1(c2cccc(NC)c2)Nc2cc(Cl)cc(Cl)c2C1C=CC(=O)OC. The third kappa shape index (κ3) is 3.85. The molecule has 0 saturated carbocycles. The summed E-state index contributed by atoms with van der Waals surface area (Å²) in [5, 5.41) is 7.17. The maximum atomic E-state index is 13.4. The molecular formula is C22H22Cl2N2O4. The van der Waals surface area contributed by atoms with Crippen LogP contribution < -0.4 is 10.6 Å². The molecule has 0 saturated heterocycles. The van der Waals surface area contributed by atoms with Crippen molar-refractivity contribution in [2.75, 3.05) is 31.4 Å². The summed E-state index contributed by atoms with van der Waals surface area (Å²) in [4.78, 5) is 25.3. The van der Waals surface area contributed by atoms with E-state index >= 15 is 0 Å². The highest BCUT2D eigenvalue weighted by Crippen LogP contribution is 2.53. The van der Waals surface area contributed by atoms with E-state index in [9.17, 15) is 9.59 Å². The fraction of sp³-hybridized carbons (Fsp3) is 0.273. The normalized spacial score (nSPS) is 19.8. The van der Waals surface area contributed by atoms with Crippen molar-refractivity contribution in [3.8, 4) is 0 Å². The molecular weight excluding hydrogens is 427 g/mol. The molecule has 1 heterocycles. The van der Waals surface area contributed by atoms with E-state index in [0.29, 0.717) is 26.9 Å². The van der Waals surface area contributed by atoms with E-state index in [-0.39, 0.29) is 6.61 Å².